The van der Waals surface area contributed by atoms with Crippen LogP contribution >= 0.6 is 0 Å². The standard InChI is InChI=1S/C10H14N2O2/c1-7-4-8(2)9(12-5-7)6-14-10(13)11-3/h4-5H,6H2,1-3H3,(H,11,13). The van der Waals surface area contributed by atoms with Gasteiger partial charge in [0, 0.05) is 13.2 Å². The van der Waals surface area contributed by atoms with Crippen LogP contribution in [0.3, 0.4) is 0 Å². The molecule has 14 heavy (non-hydrogen) atoms. The number of hydrogen-bond donors (Lipinski definition) is 1. The highest BCUT2D eigenvalue weighted by Crippen LogP contribution is 2.07. The first-order chi connectivity index (χ1) is 6.63. The first-order valence-electron chi connectivity index (χ1n) is 4.40. The highest BCUT2D eigenvalue weighted by atomic mass is 16.5. The van der Waals surface area contributed by atoms with E-state index >= 15 is 0 Å². The number of nitrogens with zero attached hydrogens (tertiary/aromatic N) is 1. The van der Waals surface area contributed by atoms with E-state index in [2.05, 4.69) is 10.3 Å². The fourth-order valence-electron chi connectivity index (χ4n) is 1.10. The molecule has 0 bridgehead atoms. The third-order valence-electron chi connectivity index (χ3n) is 1.87. The molecule has 0 radical (unpaired) electrons. The Hall–Kier alpha value is -1.58. The van der Waals surface area contributed by atoms with Crippen LogP contribution in [0, 0.1) is 13.8 Å². The molecule has 1 aromatic heterocycles. The van der Waals surface area contributed by atoms with Gasteiger partial charge in [-0.1, -0.05) is 6.07 Å². The van der Waals surface area contributed by atoms with Gasteiger partial charge in [0.15, 0.2) is 0 Å². The molecule has 0 atom stereocenters. The van der Waals surface area contributed by atoms with Crippen molar-refractivity contribution >= 4 is 6.09 Å². The molecule has 1 aromatic rings. The number of carbonyl (C=O) groups is 1. The van der Waals surface area contributed by atoms with Crippen LogP contribution in [0.5, 0.6) is 0 Å². The Bertz CT molecular complexity index is 337. The third kappa shape index (κ3) is 2.73. The summed E-state index contributed by atoms with van der Waals surface area (Å²) in [5, 5.41) is 2.38. The number of aromatic nitrogens is 1. The highest BCUT2D eigenvalue weighted by Gasteiger charge is 2.03. The van der Waals surface area contributed by atoms with Crippen LogP contribution in [0.4, 0.5) is 4.79 Å². The molecule has 0 aliphatic carbocycles. The number of nitrogens with one attached hydrogen (secondary N) is 1. The Morgan fingerprint density at radius 2 is 2.29 bits per heavy atom. The summed E-state index contributed by atoms with van der Waals surface area (Å²) in [5.74, 6) is 0. The minimum Gasteiger partial charge on any atom is -0.443 e. The molecule has 0 aliphatic rings. The normalized spacial score (nSPS) is 9.64. The lowest BCUT2D eigenvalue weighted by Gasteiger charge is -2.06. The van der Waals surface area contributed by atoms with Crippen molar-refractivity contribution in [2.24, 2.45) is 0 Å². The quantitative estimate of drug-likeness (QED) is 0.777. The van der Waals surface area contributed by atoms with Crippen LogP contribution in [0.2, 0.25) is 0 Å². The van der Waals surface area contributed by atoms with Crippen molar-refractivity contribution in [3.05, 3.63) is 29.1 Å². The van der Waals surface area contributed by atoms with Crippen molar-refractivity contribution in [1.29, 1.82) is 0 Å². The first-order valence-corrected chi connectivity index (χ1v) is 4.40. The van der Waals surface area contributed by atoms with Crippen molar-refractivity contribution in [3.8, 4) is 0 Å². The maximum atomic E-state index is 10.8. The molecule has 0 unspecified atom stereocenters. The molecular weight excluding hydrogens is 180 g/mol. The number of rotatable bonds is 2. The third-order valence-corrected chi connectivity index (χ3v) is 1.87. The van der Waals surface area contributed by atoms with E-state index in [1.54, 1.807) is 6.20 Å². The maximum Gasteiger partial charge on any atom is 0.407 e. The summed E-state index contributed by atoms with van der Waals surface area (Å²) >= 11 is 0. The number of ether oxygens (including phenoxy) is 1. The Morgan fingerprint density at radius 1 is 1.57 bits per heavy atom. The zero-order valence-electron chi connectivity index (χ0n) is 8.63. The molecule has 76 valence electrons. The van der Waals surface area contributed by atoms with Crippen LogP contribution in [0.25, 0.3) is 0 Å². The lowest BCUT2D eigenvalue weighted by Crippen LogP contribution is -2.19. The van der Waals surface area contributed by atoms with Gasteiger partial charge in [-0.2, -0.15) is 0 Å². The van der Waals surface area contributed by atoms with Gasteiger partial charge >= 0.3 is 6.09 Å². The van der Waals surface area contributed by atoms with Gasteiger partial charge in [-0.15, -0.1) is 0 Å². The van der Waals surface area contributed by atoms with Crippen molar-refractivity contribution in [1.82, 2.24) is 10.3 Å². The van der Waals surface area contributed by atoms with Crippen molar-refractivity contribution < 1.29 is 9.53 Å². The predicted octanol–water partition coefficient (Wildman–Crippen LogP) is 1.55. The smallest absolute Gasteiger partial charge is 0.407 e. The molecule has 1 amide bonds. The summed E-state index contributed by atoms with van der Waals surface area (Å²) < 4.78 is 4.89. The van der Waals surface area contributed by atoms with E-state index in [0.717, 1.165) is 16.8 Å². The maximum absolute atomic E-state index is 10.8. The van der Waals surface area contributed by atoms with Gasteiger partial charge in [0.2, 0.25) is 0 Å². The number of amides is 1. The molecule has 1 heterocycles. The number of alkyl carbamates (subject to hydrolysis) is 1. The molecule has 0 spiro atoms. The van der Waals surface area contributed by atoms with E-state index in [1.807, 2.05) is 19.9 Å². The van der Waals surface area contributed by atoms with Gasteiger partial charge in [-0.05, 0) is 25.0 Å². The lowest BCUT2D eigenvalue weighted by atomic mass is 10.2. The van der Waals surface area contributed by atoms with Gasteiger partial charge in [0.05, 0.1) is 5.69 Å². The van der Waals surface area contributed by atoms with Crippen LogP contribution in [0.15, 0.2) is 12.3 Å². The number of aryl methyl sites for hydroxylation is 2. The topological polar surface area (TPSA) is 51.2 Å². The molecule has 4 heteroatoms. The average Bonchev–Trinajstić information content (AvgIpc) is 2.16. The van der Waals surface area contributed by atoms with E-state index in [4.69, 9.17) is 4.74 Å². The summed E-state index contributed by atoms with van der Waals surface area (Å²) in [6.45, 7) is 4.14. The van der Waals surface area contributed by atoms with E-state index in [9.17, 15) is 4.79 Å². The van der Waals surface area contributed by atoms with E-state index in [-0.39, 0.29) is 6.61 Å². The SMILES string of the molecule is CNC(=O)OCc1ncc(C)cc1C. The van der Waals surface area contributed by atoms with Crippen LogP contribution < -0.4 is 5.32 Å². The zero-order chi connectivity index (χ0) is 10.6. The minimum atomic E-state index is -0.438. The molecule has 0 saturated carbocycles. The lowest BCUT2D eigenvalue weighted by molar-refractivity contribution is 0.140. The fraction of sp³-hybridized carbons (Fsp3) is 0.400. The Balaban J connectivity index is 2.63. The van der Waals surface area contributed by atoms with Crippen molar-refractivity contribution in [3.63, 3.8) is 0 Å². The van der Waals surface area contributed by atoms with Crippen molar-refractivity contribution in [2.75, 3.05) is 7.05 Å². The summed E-state index contributed by atoms with van der Waals surface area (Å²) in [6.07, 6.45) is 1.32. The molecular formula is C10H14N2O2. The summed E-state index contributed by atoms with van der Waals surface area (Å²) in [4.78, 5) is 15.0. The molecule has 0 aliphatic heterocycles. The Morgan fingerprint density at radius 3 is 2.86 bits per heavy atom. The zero-order valence-corrected chi connectivity index (χ0v) is 8.63. The highest BCUT2D eigenvalue weighted by molar-refractivity contribution is 5.66. The number of hydrogen-bond acceptors (Lipinski definition) is 3. The Labute approximate surface area is 83.3 Å². The van der Waals surface area contributed by atoms with Gasteiger partial charge in [0.25, 0.3) is 0 Å². The molecule has 0 aromatic carbocycles. The molecule has 0 saturated heterocycles. The second-order valence-electron chi connectivity index (χ2n) is 3.10. The van der Waals surface area contributed by atoms with Crippen molar-refractivity contribution in [2.45, 2.75) is 20.5 Å². The van der Waals surface area contributed by atoms with E-state index in [0.29, 0.717) is 0 Å². The largest absolute Gasteiger partial charge is 0.443 e. The van der Waals surface area contributed by atoms with E-state index < -0.39 is 6.09 Å². The molecule has 1 N–H and O–H groups in total. The summed E-state index contributed by atoms with van der Waals surface area (Å²) in [6, 6.07) is 2.01. The molecule has 1 rings (SSSR count). The minimum absolute atomic E-state index is 0.214. The van der Waals surface area contributed by atoms with Gasteiger partial charge in [-0.3, -0.25) is 4.98 Å². The van der Waals surface area contributed by atoms with Crippen LogP contribution in [-0.2, 0) is 11.3 Å². The van der Waals surface area contributed by atoms with E-state index in [1.165, 1.54) is 7.05 Å². The fourth-order valence-corrected chi connectivity index (χ4v) is 1.10. The first kappa shape index (κ1) is 10.5. The average molecular weight is 194 g/mol. The monoisotopic (exact) mass is 194 g/mol. The number of carbonyl (C=O) groups excluding carboxylic acids is 1. The second kappa shape index (κ2) is 4.60. The molecule has 4 nitrogen and oxygen atoms in total. The summed E-state index contributed by atoms with van der Waals surface area (Å²) in [5.41, 5.74) is 2.93. The van der Waals surface area contributed by atoms with Gasteiger partial charge in [0.1, 0.15) is 6.61 Å². The number of pyridine rings is 1. The van der Waals surface area contributed by atoms with Gasteiger partial charge in [-0.25, -0.2) is 4.79 Å². The van der Waals surface area contributed by atoms with Crippen LogP contribution in [0.1, 0.15) is 16.8 Å². The molecule has 0 fully saturated rings. The predicted molar refractivity (Wildman–Crippen MR) is 53.0 cm³/mol. The van der Waals surface area contributed by atoms with Gasteiger partial charge < -0.3 is 10.1 Å². The second-order valence-corrected chi connectivity index (χ2v) is 3.10. The van der Waals surface area contributed by atoms with Crippen LogP contribution in [-0.4, -0.2) is 18.1 Å². The Kier molecular flexibility index (Phi) is 3.45. The summed E-state index contributed by atoms with van der Waals surface area (Å²) in [7, 11) is 1.53.